The van der Waals surface area contributed by atoms with Gasteiger partial charge in [-0.15, -0.1) is 0 Å². The molecule has 2 nitrogen and oxygen atoms in total. The van der Waals surface area contributed by atoms with Gasteiger partial charge in [0.1, 0.15) is 0 Å². The van der Waals surface area contributed by atoms with Gasteiger partial charge in [0.25, 0.3) is 0 Å². The molecule has 1 heterocycles. The molecule has 1 aromatic heterocycles. The first kappa shape index (κ1) is 12.7. The van der Waals surface area contributed by atoms with Crippen molar-refractivity contribution < 1.29 is 0 Å². The Balaban J connectivity index is 2.14. The van der Waals surface area contributed by atoms with E-state index in [-0.39, 0.29) is 0 Å². The second kappa shape index (κ2) is 5.27. The second-order valence-electron chi connectivity index (χ2n) is 4.14. The normalized spacial score (nSPS) is 10.6. The number of anilines is 1. The van der Waals surface area contributed by atoms with Crippen molar-refractivity contribution in [2.75, 3.05) is 5.32 Å². The van der Waals surface area contributed by atoms with E-state index < -0.39 is 0 Å². The van der Waals surface area contributed by atoms with Crippen LogP contribution in [0.4, 0.5) is 5.69 Å². The highest BCUT2D eigenvalue weighted by molar-refractivity contribution is 9.11. The number of aromatic nitrogens is 1. The van der Waals surface area contributed by atoms with Crippen molar-refractivity contribution in [3.05, 3.63) is 50.7 Å². The van der Waals surface area contributed by atoms with Crippen molar-refractivity contribution in [2.24, 2.45) is 7.05 Å². The van der Waals surface area contributed by atoms with Gasteiger partial charge in [-0.05, 0) is 68.1 Å². The fourth-order valence-corrected chi connectivity index (χ4v) is 3.42. The van der Waals surface area contributed by atoms with E-state index in [0.717, 1.165) is 21.2 Å². The number of rotatable bonds is 3. The number of nitrogens with one attached hydrogen (secondary N) is 1. The van der Waals surface area contributed by atoms with Crippen molar-refractivity contribution >= 4 is 37.5 Å². The Morgan fingerprint density at radius 3 is 2.41 bits per heavy atom. The van der Waals surface area contributed by atoms with Crippen molar-refractivity contribution in [3.63, 3.8) is 0 Å². The SMILES string of the molecule is Cc1cc(Br)c(NCc2ccn(C)c2)c(Br)c1. The maximum Gasteiger partial charge on any atom is 0.0631 e. The molecule has 0 saturated heterocycles. The molecule has 17 heavy (non-hydrogen) atoms. The Labute approximate surface area is 118 Å². The minimum absolute atomic E-state index is 0.821. The van der Waals surface area contributed by atoms with Crippen LogP contribution in [0, 0.1) is 6.92 Å². The van der Waals surface area contributed by atoms with Gasteiger partial charge >= 0.3 is 0 Å². The molecule has 0 fully saturated rings. The Kier molecular flexibility index (Phi) is 3.94. The summed E-state index contributed by atoms with van der Waals surface area (Å²) >= 11 is 7.16. The lowest BCUT2D eigenvalue weighted by atomic mass is 10.2. The zero-order valence-corrected chi connectivity index (χ0v) is 13.0. The van der Waals surface area contributed by atoms with Crippen LogP contribution >= 0.6 is 31.9 Å². The van der Waals surface area contributed by atoms with E-state index >= 15 is 0 Å². The molecule has 4 heteroatoms. The molecule has 1 N–H and O–H groups in total. The van der Waals surface area contributed by atoms with E-state index in [1.54, 1.807) is 0 Å². The number of halogens is 2. The van der Waals surface area contributed by atoms with E-state index in [1.807, 2.05) is 7.05 Å². The topological polar surface area (TPSA) is 17.0 Å². The van der Waals surface area contributed by atoms with Crippen LogP contribution < -0.4 is 5.32 Å². The summed E-state index contributed by atoms with van der Waals surface area (Å²) < 4.78 is 4.22. The summed E-state index contributed by atoms with van der Waals surface area (Å²) in [6, 6.07) is 6.33. The van der Waals surface area contributed by atoms with Crippen LogP contribution in [0.1, 0.15) is 11.1 Å². The monoisotopic (exact) mass is 356 g/mol. The largest absolute Gasteiger partial charge is 0.379 e. The molecule has 2 aromatic rings. The number of hydrogen-bond acceptors (Lipinski definition) is 1. The van der Waals surface area contributed by atoms with Gasteiger partial charge in [-0.3, -0.25) is 0 Å². The Morgan fingerprint density at radius 2 is 1.88 bits per heavy atom. The van der Waals surface area contributed by atoms with Crippen LogP contribution in [0.15, 0.2) is 39.5 Å². The summed E-state index contributed by atoms with van der Waals surface area (Å²) in [6.07, 6.45) is 4.17. The summed E-state index contributed by atoms with van der Waals surface area (Å²) in [4.78, 5) is 0. The Bertz CT molecular complexity index is 509. The number of nitrogens with zero attached hydrogens (tertiary/aromatic N) is 1. The van der Waals surface area contributed by atoms with E-state index in [0.29, 0.717) is 0 Å². The van der Waals surface area contributed by atoms with Gasteiger partial charge < -0.3 is 9.88 Å². The lowest BCUT2D eigenvalue weighted by Crippen LogP contribution is -2.00. The predicted octanol–water partition coefficient (Wildman–Crippen LogP) is 4.47. The lowest BCUT2D eigenvalue weighted by Gasteiger charge is -2.11. The summed E-state index contributed by atoms with van der Waals surface area (Å²) in [5.41, 5.74) is 3.60. The summed E-state index contributed by atoms with van der Waals surface area (Å²) in [7, 11) is 2.03. The highest BCUT2D eigenvalue weighted by atomic mass is 79.9. The highest BCUT2D eigenvalue weighted by Crippen LogP contribution is 2.32. The van der Waals surface area contributed by atoms with Crippen molar-refractivity contribution in [2.45, 2.75) is 13.5 Å². The Hall–Kier alpha value is -0.740. The van der Waals surface area contributed by atoms with Gasteiger partial charge in [-0.2, -0.15) is 0 Å². The zero-order chi connectivity index (χ0) is 12.4. The van der Waals surface area contributed by atoms with Crippen LogP contribution in [-0.2, 0) is 13.6 Å². The summed E-state index contributed by atoms with van der Waals surface area (Å²) in [5.74, 6) is 0. The summed E-state index contributed by atoms with van der Waals surface area (Å²) in [6.45, 7) is 2.90. The first-order valence-corrected chi connectivity index (χ1v) is 6.95. The molecule has 0 aliphatic carbocycles. The molecule has 0 atom stereocenters. The smallest absolute Gasteiger partial charge is 0.0631 e. The first-order chi connectivity index (χ1) is 8.06. The van der Waals surface area contributed by atoms with Crippen LogP contribution in [0.3, 0.4) is 0 Å². The average molecular weight is 358 g/mol. The fourth-order valence-electron chi connectivity index (χ4n) is 1.72. The van der Waals surface area contributed by atoms with Gasteiger partial charge in [0, 0.05) is 34.9 Å². The minimum atomic E-state index is 0.821. The third-order valence-electron chi connectivity index (χ3n) is 2.55. The molecule has 0 aliphatic rings. The maximum atomic E-state index is 3.58. The molecule has 0 radical (unpaired) electrons. The van der Waals surface area contributed by atoms with Crippen molar-refractivity contribution in [1.82, 2.24) is 4.57 Å². The lowest BCUT2D eigenvalue weighted by molar-refractivity contribution is 0.920. The van der Waals surface area contributed by atoms with Crippen molar-refractivity contribution in [1.29, 1.82) is 0 Å². The van der Waals surface area contributed by atoms with Crippen LogP contribution in [0.2, 0.25) is 0 Å². The molecular weight excluding hydrogens is 344 g/mol. The zero-order valence-electron chi connectivity index (χ0n) is 9.80. The number of aryl methyl sites for hydroxylation is 2. The van der Waals surface area contributed by atoms with Gasteiger partial charge in [0.05, 0.1) is 5.69 Å². The third-order valence-corrected chi connectivity index (χ3v) is 3.80. The van der Waals surface area contributed by atoms with Gasteiger partial charge in [-0.1, -0.05) is 0 Å². The quantitative estimate of drug-likeness (QED) is 0.857. The number of hydrogen-bond donors (Lipinski definition) is 1. The molecule has 90 valence electrons. The van der Waals surface area contributed by atoms with Crippen molar-refractivity contribution in [3.8, 4) is 0 Å². The van der Waals surface area contributed by atoms with E-state index in [2.05, 4.69) is 79.3 Å². The van der Waals surface area contributed by atoms with Crippen LogP contribution in [-0.4, -0.2) is 4.57 Å². The van der Waals surface area contributed by atoms with Crippen LogP contribution in [0.25, 0.3) is 0 Å². The predicted molar refractivity (Wildman–Crippen MR) is 79.3 cm³/mol. The third kappa shape index (κ3) is 3.13. The Morgan fingerprint density at radius 1 is 1.24 bits per heavy atom. The fraction of sp³-hybridized carbons (Fsp3) is 0.231. The summed E-state index contributed by atoms with van der Waals surface area (Å²) in [5, 5.41) is 3.43. The van der Waals surface area contributed by atoms with Gasteiger partial charge in [0.15, 0.2) is 0 Å². The molecule has 0 bridgehead atoms. The van der Waals surface area contributed by atoms with Gasteiger partial charge in [0.2, 0.25) is 0 Å². The average Bonchev–Trinajstić information content (AvgIpc) is 2.62. The number of benzene rings is 1. The van der Waals surface area contributed by atoms with Crippen LogP contribution in [0.5, 0.6) is 0 Å². The molecule has 0 unspecified atom stereocenters. The van der Waals surface area contributed by atoms with Gasteiger partial charge in [-0.25, -0.2) is 0 Å². The standard InChI is InChI=1S/C13H14Br2N2/c1-9-5-11(14)13(12(15)6-9)16-7-10-3-4-17(2)8-10/h3-6,8,16H,7H2,1-2H3. The molecule has 0 amide bonds. The molecule has 0 aliphatic heterocycles. The molecule has 0 spiro atoms. The van der Waals surface area contributed by atoms with E-state index in [1.165, 1.54) is 11.1 Å². The molecule has 2 rings (SSSR count). The maximum absolute atomic E-state index is 3.58. The molecular formula is C13H14Br2N2. The van der Waals surface area contributed by atoms with E-state index in [4.69, 9.17) is 0 Å². The van der Waals surface area contributed by atoms with E-state index in [9.17, 15) is 0 Å². The highest BCUT2D eigenvalue weighted by Gasteiger charge is 2.06. The second-order valence-corrected chi connectivity index (χ2v) is 5.85. The minimum Gasteiger partial charge on any atom is -0.379 e. The first-order valence-electron chi connectivity index (χ1n) is 5.36. The molecule has 1 aromatic carbocycles. The molecule has 0 saturated carbocycles.